The highest BCUT2D eigenvalue weighted by atomic mass is 15.2. The van der Waals surface area contributed by atoms with Gasteiger partial charge in [0, 0.05) is 34.2 Å². The van der Waals surface area contributed by atoms with Crippen LogP contribution in [0.3, 0.4) is 0 Å². The van der Waals surface area contributed by atoms with Crippen molar-refractivity contribution in [2.75, 3.05) is 9.80 Å². The molecule has 1 heterocycles. The summed E-state index contributed by atoms with van der Waals surface area (Å²) in [5, 5.41) is 0. The first kappa shape index (κ1) is 37.1. The first-order valence-electron chi connectivity index (χ1n) is 21.5. The summed E-state index contributed by atoms with van der Waals surface area (Å²) < 4.78 is 0. The summed E-state index contributed by atoms with van der Waals surface area (Å²) in [6.07, 6.45) is 7.24. The van der Waals surface area contributed by atoms with E-state index in [0.717, 1.165) is 22.7 Å². The highest BCUT2D eigenvalue weighted by Gasteiger charge is 2.40. The van der Waals surface area contributed by atoms with Crippen molar-refractivity contribution in [2.24, 2.45) is 0 Å². The van der Waals surface area contributed by atoms with Crippen LogP contribution in [0, 0.1) is 0 Å². The Labute approximate surface area is 364 Å². The molecule has 294 valence electrons. The smallest absolute Gasteiger partial charge is 0.0630 e. The Balaban J connectivity index is 1.04. The monoisotopic (exact) mass is 792 g/mol. The Morgan fingerprint density at radius 3 is 1.24 bits per heavy atom. The molecule has 9 aromatic carbocycles. The summed E-state index contributed by atoms with van der Waals surface area (Å²) in [7, 11) is 0. The van der Waals surface area contributed by atoms with Crippen LogP contribution in [0.25, 0.3) is 50.1 Å². The van der Waals surface area contributed by atoms with Crippen molar-refractivity contribution in [1.82, 2.24) is 0 Å². The molecular formula is C60H44N2. The zero-order valence-electron chi connectivity index (χ0n) is 34.3. The highest BCUT2D eigenvalue weighted by molar-refractivity contribution is 5.94. The maximum Gasteiger partial charge on any atom is 0.0630 e. The third kappa shape index (κ3) is 7.02. The number of anilines is 5. The number of benzene rings is 9. The van der Waals surface area contributed by atoms with Crippen molar-refractivity contribution in [3.05, 3.63) is 266 Å². The van der Waals surface area contributed by atoms with Gasteiger partial charge >= 0.3 is 0 Å². The Morgan fingerprint density at radius 2 is 0.758 bits per heavy atom. The van der Waals surface area contributed by atoms with Crippen LogP contribution in [0.4, 0.5) is 28.4 Å². The van der Waals surface area contributed by atoms with E-state index in [0.29, 0.717) is 0 Å². The van der Waals surface area contributed by atoms with Gasteiger partial charge in [0.25, 0.3) is 0 Å². The molecule has 0 amide bonds. The van der Waals surface area contributed by atoms with Crippen molar-refractivity contribution in [1.29, 1.82) is 0 Å². The molecule has 0 spiro atoms. The van der Waals surface area contributed by atoms with E-state index in [4.69, 9.17) is 0 Å². The molecule has 0 radical (unpaired) electrons. The van der Waals surface area contributed by atoms with Gasteiger partial charge in [0.1, 0.15) is 0 Å². The lowest BCUT2D eigenvalue weighted by atomic mass is 9.84. The minimum atomic E-state index is 0.101. The van der Waals surface area contributed by atoms with Crippen LogP contribution in [0.5, 0.6) is 0 Å². The lowest BCUT2D eigenvalue weighted by Crippen LogP contribution is -2.29. The lowest BCUT2D eigenvalue weighted by molar-refractivity contribution is 0.747. The standard InChI is InChI=1S/C60H44N2/c1-6-16-43(17-7-1)47-26-31-52(32-27-47)61(53-33-28-48(29-34-53)44-18-8-2-9-19-44)54-35-37-55(38-36-54)62-59-39-30-50(45-20-10-3-11-21-45)40-57(59)58-42-51(46-22-12-4-13-23-46)41-56(60(58)62)49-24-14-5-15-25-49/h1-42,57,59H. The predicted octanol–water partition coefficient (Wildman–Crippen LogP) is 16.1. The summed E-state index contributed by atoms with van der Waals surface area (Å²) >= 11 is 0. The van der Waals surface area contributed by atoms with Crippen molar-refractivity contribution >= 4 is 34.0 Å². The van der Waals surface area contributed by atoms with Gasteiger partial charge in [-0.1, -0.05) is 194 Å². The van der Waals surface area contributed by atoms with Crippen LogP contribution < -0.4 is 9.80 Å². The SMILES string of the molecule is C1=CC2C(C=C1c1ccccc1)c1cc(-c3ccccc3)cc(-c3ccccc3)c1N2c1ccc(N(c2ccc(-c3ccccc3)cc2)c2ccc(-c3ccccc3)cc2)cc1. The fourth-order valence-corrected chi connectivity index (χ4v) is 9.35. The Kier molecular flexibility index (Phi) is 9.72. The number of allylic oxidation sites excluding steroid dienone is 2. The van der Waals surface area contributed by atoms with Crippen LogP contribution >= 0.6 is 0 Å². The minimum absolute atomic E-state index is 0.101. The second-order valence-corrected chi connectivity index (χ2v) is 16.1. The molecule has 2 unspecified atom stereocenters. The van der Waals surface area contributed by atoms with E-state index in [-0.39, 0.29) is 12.0 Å². The molecule has 1 aliphatic heterocycles. The van der Waals surface area contributed by atoms with Crippen molar-refractivity contribution in [3.63, 3.8) is 0 Å². The zero-order chi connectivity index (χ0) is 41.2. The van der Waals surface area contributed by atoms with Crippen LogP contribution in [-0.4, -0.2) is 6.04 Å². The van der Waals surface area contributed by atoms with Gasteiger partial charge in [-0.2, -0.15) is 0 Å². The molecule has 2 nitrogen and oxygen atoms in total. The molecule has 0 bridgehead atoms. The highest BCUT2D eigenvalue weighted by Crippen LogP contribution is 2.54. The van der Waals surface area contributed by atoms with Gasteiger partial charge < -0.3 is 9.80 Å². The Morgan fingerprint density at radius 1 is 0.355 bits per heavy atom. The van der Waals surface area contributed by atoms with Crippen LogP contribution in [-0.2, 0) is 0 Å². The molecule has 2 atom stereocenters. The lowest BCUT2D eigenvalue weighted by Gasteiger charge is -2.32. The van der Waals surface area contributed by atoms with Gasteiger partial charge in [-0.25, -0.2) is 0 Å². The van der Waals surface area contributed by atoms with E-state index < -0.39 is 0 Å². The largest absolute Gasteiger partial charge is 0.333 e. The molecule has 0 fully saturated rings. The second kappa shape index (κ2) is 16.3. The maximum atomic E-state index is 2.59. The van der Waals surface area contributed by atoms with Crippen molar-refractivity contribution < 1.29 is 0 Å². The van der Waals surface area contributed by atoms with E-state index in [2.05, 4.69) is 265 Å². The summed E-state index contributed by atoms with van der Waals surface area (Å²) in [6.45, 7) is 0. The van der Waals surface area contributed by atoms with E-state index in [9.17, 15) is 0 Å². The number of hydrogen-bond acceptors (Lipinski definition) is 2. The molecular weight excluding hydrogens is 749 g/mol. The molecule has 2 aliphatic rings. The van der Waals surface area contributed by atoms with E-state index in [1.807, 2.05) is 0 Å². The Bertz CT molecular complexity index is 2930. The zero-order valence-corrected chi connectivity index (χ0v) is 34.3. The molecule has 62 heavy (non-hydrogen) atoms. The van der Waals surface area contributed by atoms with Gasteiger partial charge in [-0.15, -0.1) is 0 Å². The van der Waals surface area contributed by atoms with Gasteiger partial charge in [0.05, 0.1) is 11.7 Å². The molecule has 11 rings (SSSR count). The first-order valence-corrected chi connectivity index (χ1v) is 21.5. The third-order valence-corrected chi connectivity index (χ3v) is 12.4. The van der Waals surface area contributed by atoms with Crippen LogP contribution in [0.2, 0.25) is 0 Å². The second-order valence-electron chi connectivity index (χ2n) is 16.1. The van der Waals surface area contributed by atoms with Gasteiger partial charge in [0.15, 0.2) is 0 Å². The van der Waals surface area contributed by atoms with Gasteiger partial charge in [0.2, 0.25) is 0 Å². The van der Waals surface area contributed by atoms with Crippen molar-refractivity contribution in [3.8, 4) is 44.5 Å². The number of rotatable bonds is 9. The number of hydrogen-bond donors (Lipinski definition) is 0. The summed E-state index contributed by atoms with van der Waals surface area (Å²) in [5.74, 6) is 0.152. The minimum Gasteiger partial charge on any atom is -0.333 e. The van der Waals surface area contributed by atoms with Crippen molar-refractivity contribution in [2.45, 2.75) is 12.0 Å². The van der Waals surface area contributed by atoms with Crippen LogP contribution in [0.1, 0.15) is 17.0 Å². The van der Waals surface area contributed by atoms with Gasteiger partial charge in [-0.3, -0.25) is 0 Å². The average Bonchev–Trinajstić information content (AvgIpc) is 3.69. The topological polar surface area (TPSA) is 6.48 Å². The van der Waals surface area contributed by atoms with E-state index >= 15 is 0 Å². The summed E-state index contributed by atoms with van der Waals surface area (Å²) in [5.41, 5.74) is 19.3. The normalized spacial score (nSPS) is 15.1. The molecule has 2 heteroatoms. The summed E-state index contributed by atoms with van der Waals surface area (Å²) in [6, 6.07) is 85.7. The molecule has 0 saturated heterocycles. The number of fused-ring (bicyclic) bond motifs is 3. The van der Waals surface area contributed by atoms with Gasteiger partial charge in [-0.05, 0) is 116 Å². The summed E-state index contributed by atoms with van der Waals surface area (Å²) in [4.78, 5) is 4.95. The fraction of sp³-hybridized carbons (Fsp3) is 0.0333. The van der Waals surface area contributed by atoms with Crippen LogP contribution in [0.15, 0.2) is 255 Å². The molecule has 9 aromatic rings. The predicted molar refractivity (Wildman–Crippen MR) is 262 cm³/mol. The molecule has 0 saturated carbocycles. The third-order valence-electron chi connectivity index (χ3n) is 12.4. The van der Waals surface area contributed by atoms with E-state index in [1.54, 1.807) is 0 Å². The quantitative estimate of drug-likeness (QED) is 0.144. The Hall–Kier alpha value is -7.94. The average molecular weight is 793 g/mol. The maximum absolute atomic E-state index is 2.59. The number of nitrogens with zero attached hydrogens (tertiary/aromatic N) is 2. The molecule has 0 N–H and O–H groups in total. The first-order chi connectivity index (χ1) is 30.7. The van der Waals surface area contributed by atoms with E-state index in [1.165, 1.54) is 66.9 Å². The molecule has 0 aromatic heterocycles. The molecule has 1 aliphatic carbocycles. The fourth-order valence-electron chi connectivity index (χ4n) is 9.35.